The molecular formula is C13H18N2O3. The summed E-state index contributed by atoms with van der Waals surface area (Å²) in [4.78, 5) is 14.2. The number of morpholine rings is 1. The van der Waals surface area contributed by atoms with E-state index in [9.17, 15) is 9.90 Å². The maximum Gasteiger partial charge on any atom is 0.254 e. The van der Waals surface area contributed by atoms with E-state index in [2.05, 4.69) is 0 Å². The van der Waals surface area contributed by atoms with Crippen LogP contribution in [-0.2, 0) is 4.74 Å². The van der Waals surface area contributed by atoms with E-state index < -0.39 is 0 Å². The Kier molecular flexibility index (Phi) is 3.84. The normalized spacial score (nSPS) is 19.9. The third-order valence-electron chi connectivity index (χ3n) is 3.20. The summed E-state index contributed by atoms with van der Waals surface area (Å²) >= 11 is 0. The largest absolute Gasteiger partial charge is 0.508 e. The molecule has 1 atom stereocenters. The fraction of sp³-hybridized carbons (Fsp3) is 0.462. The van der Waals surface area contributed by atoms with Crippen molar-refractivity contribution in [2.24, 2.45) is 5.73 Å². The molecule has 5 nitrogen and oxygen atoms in total. The van der Waals surface area contributed by atoms with Gasteiger partial charge in [-0.15, -0.1) is 0 Å². The zero-order valence-corrected chi connectivity index (χ0v) is 10.4. The maximum atomic E-state index is 12.4. The number of benzene rings is 1. The van der Waals surface area contributed by atoms with E-state index in [0.29, 0.717) is 31.9 Å². The van der Waals surface area contributed by atoms with Gasteiger partial charge in [-0.3, -0.25) is 4.79 Å². The van der Waals surface area contributed by atoms with Crippen molar-refractivity contribution >= 4 is 5.91 Å². The third kappa shape index (κ3) is 2.47. The first-order valence-corrected chi connectivity index (χ1v) is 6.02. The molecule has 0 aliphatic carbocycles. The predicted octanol–water partition coefficient (Wildman–Crippen LogP) is 0.500. The number of nitrogens with zero attached hydrogens (tertiary/aromatic N) is 1. The Morgan fingerprint density at radius 2 is 2.39 bits per heavy atom. The molecule has 1 heterocycles. The molecule has 1 unspecified atom stereocenters. The molecule has 0 saturated carbocycles. The number of hydrogen-bond donors (Lipinski definition) is 2. The number of amides is 1. The second-order valence-corrected chi connectivity index (χ2v) is 4.46. The smallest absolute Gasteiger partial charge is 0.254 e. The summed E-state index contributed by atoms with van der Waals surface area (Å²) < 4.78 is 5.32. The predicted molar refractivity (Wildman–Crippen MR) is 67.5 cm³/mol. The Hall–Kier alpha value is -1.59. The molecule has 1 aliphatic rings. The number of carbonyl (C=O) groups excluding carboxylic acids is 1. The van der Waals surface area contributed by atoms with Gasteiger partial charge in [0, 0.05) is 18.7 Å². The van der Waals surface area contributed by atoms with Crippen LogP contribution in [0.5, 0.6) is 5.75 Å². The summed E-state index contributed by atoms with van der Waals surface area (Å²) in [6.07, 6.45) is 0. The Morgan fingerprint density at radius 1 is 1.61 bits per heavy atom. The minimum absolute atomic E-state index is 0.0498. The Morgan fingerprint density at radius 3 is 3.06 bits per heavy atom. The van der Waals surface area contributed by atoms with E-state index in [1.165, 1.54) is 6.07 Å². The van der Waals surface area contributed by atoms with E-state index in [-0.39, 0.29) is 17.7 Å². The number of nitrogens with two attached hydrogens (primary N) is 1. The number of ether oxygens (including phenoxy) is 1. The van der Waals surface area contributed by atoms with Crippen molar-refractivity contribution in [1.29, 1.82) is 0 Å². The minimum Gasteiger partial charge on any atom is -0.508 e. The number of carbonyl (C=O) groups is 1. The lowest BCUT2D eigenvalue weighted by Crippen LogP contribution is -2.52. The molecule has 3 N–H and O–H groups in total. The van der Waals surface area contributed by atoms with Gasteiger partial charge in [0.25, 0.3) is 5.91 Å². The second kappa shape index (κ2) is 5.37. The minimum atomic E-state index is -0.0700. The molecule has 0 spiro atoms. The van der Waals surface area contributed by atoms with Crippen LogP contribution in [0.2, 0.25) is 0 Å². The summed E-state index contributed by atoms with van der Waals surface area (Å²) in [5, 5.41) is 9.36. The lowest BCUT2D eigenvalue weighted by Gasteiger charge is -2.35. The maximum absolute atomic E-state index is 12.4. The Bertz CT molecular complexity index is 448. The lowest BCUT2D eigenvalue weighted by atomic mass is 10.1. The van der Waals surface area contributed by atoms with Gasteiger partial charge in [-0.1, -0.05) is 0 Å². The van der Waals surface area contributed by atoms with Crippen LogP contribution in [0.15, 0.2) is 18.2 Å². The molecule has 98 valence electrons. The molecule has 1 aromatic carbocycles. The van der Waals surface area contributed by atoms with Crippen molar-refractivity contribution in [3.8, 4) is 5.75 Å². The first-order chi connectivity index (χ1) is 8.63. The lowest BCUT2D eigenvalue weighted by molar-refractivity contribution is 0.000798. The molecule has 1 saturated heterocycles. The highest BCUT2D eigenvalue weighted by Gasteiger charge is 2.27. The summed E-state index contributed by atoms with van der Waals surface area (Å²) in [6, 6.07) is 4.69. The number of phenols is 1. The average molecular weight is 250 g/mol. The van der Waals surface area contributed by atoms with Crippen molar-refractivity contribution in [3.63, 3.8) is 0 Å². The van der Waals surface area contributed by atoms with Gasteiger partial charge in [0.2, 0.25) is 0 Å². The first-order valence-electron chi connectivity index (χ1n) is 6.02. The van der Waals surface area contributed by atoms with E-state index >= 15 is 0 Å². The monoisotopic (exact) mass is 250 g/mol. The van der Waals surface area contributed by atoms with E-state index in [1.807, 2.05) is 6.92 Å². The quantitative estimate of drug-likeness (QED) is 0.801. The van der Waals surface area contributed by atoms with Crippen LogP contribution >= 0.6 is 0 Å². The second-order valence-electron chi connectivity index (χ2n) is 4.46. The van der Waals surface area contributed by atoms with E-state index in [4.69, 9.17) is 10.5 Å². The van der Waals surface area contributed by atoms with Crippen LogP contribution in [0.1, 0.15) is 15.9 Å². The zero-order valence-electron chi connectivity index (χ0n) is 10.4. The number of hydrogen-bond acceptors (Lipinski definition) is 4. The van der Waals surface area contributed by atoms with E-state index in [1.54, 1.807) is 17.0 Å². The Labute approximate surface area is 106 Å². The molecule has 1 aromatic rings. The number of aromatic hydroxyl groups is 1. The van der Waals surface area contributed by atoms with Crippen molar-refractivity contribution in [2.75, 3.05) is 26.3 Å². The molecule has 18 heavy (non-hydrogen) atoms. The van der Waals surface area contributed by atoms with E-state index in [0.717, 1.165) is 5.56 Å². The number of phenolic OH excluding ortho intramolecular Hbond substituents is 1. The summed E-state index contributed by atoms with van der Waals surface area (Å²) in [7, 11) is 0. The molecule has 1 fully saturated rings. The zero-order chi connectivity index (χ0) is 13.1. The molecule has 0 bridgehead atoms. The molecule has 2 rings (SSSR count). The van der Waals surface area contributed by atoms with Crippen LogP contribution < -0.4 is 5.73 Å². The fourth-order valence-electron chi connectivity index (χ4n) is 2.16. The third-order valence-corrected chi connectivity index (χ3v) is 3.20. The van der Waals surface area contributed by atoms with Crippen LogP contribution in [0.4, 0.5) is 0 Å². The fourth-order valence-corrected chi connectivity index (χ4v) is 2.16. The van der Waals surface area contributed by atoms with Crippen LogP contribution in [-0.4, -0.2) is 48.3 Å². The summed E-state index contributed by atoms with van der Waals surface area (Å²) in [5.74, 6) is 0.118. The van der Waals surface area contributed by atoms with Crippen molar-refractivity contribution in [3.05, 3.63) is 29.3 Å². The molecular weight excluding hydrogens is 232 g/mol. The summed E-state index contributed by atoms with van der Waals surface area (Å²) in [6.45, 7) is 3.79. The van der Waals surface area contributed by atoms with Crippen LogP contribution in [0, 0.1) is 6.92 Å². The molecule has 0 aromatic heterocycles. The standard InChI is InChI=1S/C13H18N2O3/c1-9-6-11(16)2-3-12(9)13(17)15-4-5-18-8-10(15)7-14/h2-3,6,10,16H,4-5,7-8,14H2,1H3. The average Bonchev–Trinajstić information content (AvgIpc) is 2.38. The van der Waals surface area contributed by atoms with Crippen molar-refractivity contribution in [2.45, 2.75) is 13.0 Å². The van der Waals surface area contributed by atoms with Gasteiger partial charge in [0.05, 0.1) is 19.3 Å². The van der Waals surface area contributed by atoms with Gasteiger partial charge in [-0.25, -0.2) is 0 Å². The topological polar surface area (TPSA) is 75.8 Å². The molecule has 1 aliphatic heterocycles. The Balaban J connectivity index is 2.24. The number of rotatable bonds is 2. The van der Waals surface area contributed by atoms with Crippen molar-refractivity contribution in [1.82, 2.24) is 4.90 Å². The SMILES string of the molecule is Cc1cc(O)ccc1C(=O)N1CCOCC1CN. The highest BCUT2D eigenvalue weighted by Crippen LogP contribution is 2.19. The molecule has 5 heteroatoms. The van der Waals surface area contributed by atoms with Gasteiger partial charge in [-0.05, 0) is 30.7 Å². The van der Waals surface area contributed by atoms with Gasteiger partial charge in [0.1, 0.15) is 5.75 Å². The number of aryl methyl sites for hydroxylation is 1. The van der Waals surface area contributed by atoms with Crippen LogP contribution in [0.25, 0.3) is 0 Å². The van der Waals surface area contributed by atoms with Gasteiger partial charge < -0.3 is 20.5 Å². The van der Waals surface area contributed by atoms with Gasteiger partial charge >= 0.3 is 0 Å². The molecule has 1 amide bonds. The van der Waals surface area contributed by atoms with Gasteiger partial charge in [0.15, 0.2) is 0 Å². The van der Waals surface area contributed by atoms with Crippen LogP contribution in [0.3, 0.4) is 0 Å². The van der Waals surface area contributed by atoms with Crippen molar-refractivity contribution < 1.29 is 14.6 Å². The highest BCUT2D eigenvalue weighted by atomic mass is 16.5. The highest BCUT2D eigenvalue weighted by molar-refractivity contribution is 5.96. The molecule has 0 radical (unpaired) electrons. The first kappa shape index (κ1) is 12.9. The van der Waals surface area contributed by atoms with Gasteiger partial charge in [-0.2, -0.15) is 0 Å². The summed E-state index contributed by atoms with van der Waals surface area (Å²) in [5.41, 5.74) is 7.03.